The number of carbonyl (C=O) groups is 1. The number of carbonyl (C=O) groups excluding carboxylic acids is 1. The van der Waals surface area contributed by atoms with Crippen LogP contribution in [0.2, 0.25) is 0 Å². The maximum absolute atomic E-state index is 11.8. The Balaban J connectivity index is 2.22. The molecular formula is C13H7NO3. The van der Waals surface area contributed by atoms with Crippen molar-refractivity contribution in [2.45, 2.75) is 0 Å². The smallest absolute Gasteiger partial charge is 0.273 e. The molecule has 0 aromatic heterocycles. The molecule has 4 nitrogen and oxygen atoms in total. The first-order valence-corrected chi connectivity index (χ1v) is 5.10. The van der Waals surface area contributed by atoms with Gasteiger partial charge in [-0.2, -0.15) is 0 Å². The summed E-state index contributed by atoms with van der Waals surface area (Å²) in [5.41, 5.74) is 2.85. The minimum absolute atomic E-state index is 0.154. The molecule has 0 spiro atoms. The van der Waals surface area contributed by atoms with Gasteiger partial charge in [0.25, 0.3) is 5.70 Å². The number of hydrogen-bond acceptors (Lipinski definition) is 3. The molecule has 1 aromatic carbocycles. The van der Waals surface area contributed by atoms with Crippen LogP contribution in [-0.2, 0) is 4.79 Å². The second-order valence-electron chi connectivity index (χ2n) is 3.89. The maximum Gasteiger partial charge on any atom is 0.273 e. The third-order valence-electron chi connectivity index (χ3n) is 2.89. The second-order valence-corrected chi connectivity index (χ2v) is 3.89. The molecule has 1 aromatic rings. The van der Waals surface area contributed by atoms with E-state index in [9.17, 15) is 14.9 Å². The van der Waals surface area contributed by atoms with Crippen LogP contribution < -0.4 is 0 Å². The predicted molar refractivity (Wildman–Crippen MR) is 62.5 cm³/mol. The number of hydrogen-bond donors (Lipinski definition) is 0. The summed E-state index contributed by atoms with van der Waals surface area (Å²) in [5, 5.41) is 10.7. The van der Waals surface area contributed by atoms with E-state index in [0.717, 1.165) is 17.2 Å². The van der Waals surface area contributed by atoms with E-state index in [1.54, 1.807) is 6.08 Å². The van der Waals surface area contributed by atoms with Crippen molar-refractivity contribution in [3.8, 4) is 0 Å². The fourth-order valence-corrected chi connectivity index (χ4v) is 2.11. The second kappa shape index (κ2) is 3.25. The van der Waals surface area contributed by atoms with E-state index in [1.807, 2.05) is 24.3 Å². The van der Waals surface area contributed by atoms with Gasteiger partial charge in [0.1, 0.15) is 0 Å². The standard InChI is InChI=1S/C13H7NO3/c15-13-7-9(14(16)17)6-11-10-4-2-1-3-8(10)5-12(11)13/h1-7H. The molecule has 2 aliphatic rings. The highest BCUT2D eigenvalue weighted by molar-refractivity contribution is 6.23. The molecule has 0 amide bonds. The van der Waals surface area contributed by atoms with Crippen LogP contribution in [0.15, 0.2) is 47.7 Å². The summed E-state index contributed by atoms with van der Waals surface area (Å²) in [6.45, 7) is 0. The Labute approximate surface area is 96.7 Å². The zero-order chi connectivity index (χ0) is 12.0. The lowest BCUT2D eigenvalue weighted by Crippen LogP contribution is -2.09. The van der Waals surface area contributed by atoms with Crippen molar-refractivity contribution >= 4 is 17.4 Å². The first-order chi connectivity index (χ1) is 8.16. The monoisotopic (exact) mass is 225 g/mol. The van der Waals surface area contributed by atoms with Gasteiger partial charge in [-0.1, -0.05) is 24.3 Å². The molecule has 3 rings (SSSR count). The zero-order valence-electron chi connectivity index (χ0n) is 8.71. The fraction of sp³-hybridized carbons (Fsp3) is 0. The molecule has 0 unspecified atom stereocenters. The van der Waals surface area contributed by atoms with Gasteiger partial charge >= 0.3 is 0 Å². The zero-order valence-corrected chi connectivity index (χ0v) is 8.71. The first kappa shape index (κ1) is 9.72. The van der Waals surface area contributed by atoms with Gasteiger partial charge in [-0.25, -0.2) is 0 Å². The molecule has 0 atom stereocenters. The molecule has 0 heterocycles. The van der Waals surface area contributed by atoms with Crippen LogP contribution in [0.4, 0.5) is 0 Å². The van der Waals surface area contributed by atoms with Crippen molar-refractivity contribution in [2.24, 2.45) is 0 Å². The molecular weight excluding hydrogens is 218 g/mol. The van der Waals surface area contributed by atoms with Crippen LogP contribution in [-0.4, -0.2) is 10.7 Å². The average molecular weight is 225 g/mol. The molecule has 4 heteroatoms. The van der Waals surface area contributed by atoms with E-state index in [1.165, 1.54) is 6.08 Å². The largest absolute Gasteiger partial charge is 0.289 e. The topological polar surface area (TPSA) is 60.2 Å². The van der Waals surface area contributed by atoms with Gasteiger partial charge in [-0.15, -0.1) is 0 Å². The number of rotatable bonds is 1. The first-order valence-electron chi connectivity index (χ1n) is 5.10. The van der Waals surface area contributed by atoms with Crippen molar-refractivity contribution in [1.82, 2.24) is 0 Å². The van der Waals surface area contributed by atoms with Gasteiger partial charge in [0.2, 0.25) is 0 Å². The van der Waals surface area contributed by atoms with Crippen molar-refractivity contribution < 1.29 is 9.72 Å². The van der Waals surface area contributed by atoms with E-state index in [0.29, 0.717) is 11.1 Å². The number of ketones is 1. The van der Waals surface area contributed by atoms with Crippen LogP contribution in [0, 0.1) is 10.1 Å². The van der Waals surface area contributed by atoms with Crippen LogP contribution >= 0.6 is 0 Å². The van der Waals surface area contributed by atoms with E-state index >= 15 is 0 Å². The number of allylic oxidation sites excluding steroid dienone is 4. The van der Waals surface area contributed by atoms with Crippen LogP contribution in [0.1, 0.15) is 11.1 Å². The molecule has 82 valence electrons. The highest BCUT2D eigenvalue weighted by atomic mass is 16.6. The summed E-state index contributed by atoms with van der Waals surface area (Å²) >= 11 is 0. The lowest BCUT2D eigenvalue weighted by atomic mass is 9.95. The van der Waals surface area contributed by atoms with Gasteiger partial charge in [-0.05, 0) is 17.2 Å². The van der Waals surface area contributed by atoms with Crippen LogP contribution in [0.3, 0.4) is 0 Å². The number of nitro groups is 1. The lowest BCUT2D eigenvalue weighted by Gasteiger charge is -2.08. The molecule has 0 bridgehead atoms. The van der Waals surface area contributed by atoms with Crippen molar-refractivity contribution in [1.29, 1.82) is 0 Å². The van der Waals surface area contributed by atoms with E-state index in [-0.39, 0.29) is 11.5 Å². The van der Waals surface area contributed by atoms with Crippen molar-refractivity contribution in [3.63, 3.8) is 0 Å². The Morgan fingerprint density at radius 1 is 1.00 bits per heavy atom. The Morgan fingerprint density at radius 3 is 2.53 bits per heavy atom. The van der Waals surface area contributed by atoms with Gasteiger partial charge in [0.15, 0.2) is 5.78 Å². The fourth-order valence-electron chi connectivity index (χ4n) is 2.11. The van der Waals surface area contributed by atoms with E-state index in [4.69, 9.17) is 0 Å². The van der Waals surface area contributed by atoms with Gasteiger partial charge < -0.3 is 0 Å². The van der Waals surface area contributed by atoms with Gasteiger partial charge in [0.05, 0.1) is 11.0 Å². The molecule has 2 aliphatic carbocycles. The molecule has 0 fully saturated rings. The Kier molecular flexibility index (Phi) is 1.86. The molecule has 17 heavy (non-hydrogen) atoms. The van der Waals surface area contributed by atoms with Crippen LogP contribution in [0.5, 0.6) is 0 Å². The van der Waals surface area contributed by atoms with Gasteiger partial charge in [0, 0.05) is 17.2 Å². The van der Waals surface area contributed by atoms with Gasteiger partial charge in [-0.3, -0.25) is 14.9 Å². The van der Waals surface area contributed by atoms with Crippen LogP contribution in [0.25, 0.3) is 11.6 Å². The Hall–Kier alpha value is -2.49. The summed E-state index contributed by atoms with van der Waals surface area (Å²) in [6.07, 6.45) is 4.30. The van der Waals surface area contributed by atoms with E-state index in [2.05, 4.69) is 0 Å². The predicted octanol–water partition coefficient (Wildman–Crippen LogP) is 2.21. The maximum atomic E-state index is 11.8. The third-order valence-corrected chi connectivity index (χ3v) is 2.89. The molecule has 0 aliphatic heterocycles. The number of nitrogens with zero attached hydrogens (tertiary/aromatic N) is 1. The summed E-state index contributed by atoms with van der Waals surface area (Å²) in [6, 6.07) is 7.48. The molecule has 0 saturated carbocycles. The lowest BCUT2D eigenvalue weighted by molar-refractivity contribution is -0.418. The number of fused-ring (bicyclic) bond motifs is 3. The normalized spacial score (nSPS) is 16.7. The SMILES string of the molecule is O=C1C=C([N+](=O)[O-])C=C2C1=Cc1ccccc12. The Bertz CT molecular complexity index is 650. The minimum Gasteiger partial charge on any atom is -0.289 e. The third kappa shape index (κ3) is 1.34. The van der Waals surface area contributed by atoms with Crippen molar-refractivity contribution in [3.05, 3.63) is 68.9 Å². The molecule has 0 radical (unpaired) electrons. The summed E-state index contributed by atoms with van der Waals surface area (Å²) in [7, 11) is 0. The Morgan fingerprint density at radius 2 is 1.76 bits per heavy atom. The quantitative estimate of drug-likeness (QED) is 0.543. The minimum atomic E-state index is -0.539. The average Bonchev–Trinajstić information content (AvgIpc) is 2.68. The number of benzene rings is 1. The molecule has 0 saturated heterocycles. The summed E-state index contributed by atoms with van der Waals surface area (Å²) in [5.74, 6) is -0.301. The molecule has 0 N–H and O–H groups in total. The summed E-state index contributed by atoms with van der Waals surface area (Å²) in [4.78, 5) is 22.0. The highest BCUT2D eigenvalue weighted by Crippen LogP contribution is 2.38. The summed E-state index contributed by atoms with van der Waals surface area (Å²) < 4.78 is 0. The van der Waals surface area contributed by atoms with Crippen molar-refractivity contribution in [2.75, 3.05) is 0 Å². The van der Waals surface area contributed by atoms with E-state index < -0.39 is 4.92 Å². The highest BCUT2D eigenvalue weighted by Gasteiger charge is 2.29.